The van der Waals surface area contributed by atoms with Crippen molar-refractivity contribution < 1.29 is 10.3 Å². The molecule has 44 valence electrons. The highest BCUT2D eigenvalue weighted by Crippen LogP contribution is 2.00. The molecule has 1 aliphatic rings. The topological polar surface area (TPSA) is 43.7 Å². The summed E-state index contributed by atoms with van der Waals surface area (Å²) in [6.45, 7) is 0.363. The quantitative estimate of drug-likeness (QED) is 0.484. The molecule has 0 aromatic carbocycles. The monoisotopic (exact) mass is 113 g/mol. The Hall–Kier alpha value is -0.960. The van der Waals surface area contributed by atoms with Crippen molar-refractivity contribution in [2.75, 3.05) is 6.54 Å². The molecule has 0 bridgehead atoms. The summed E-state index contributed by atoms with van der Waals surface area (Å²) in [6, 6.07) is 0. The summed E-state index contributed by atoms with van der Waals surface area (Å²) >= 11 is 0. The van der Waals surface area contributed by atoms with Crippen molar-refractivity contribution in [3.63, 3.8) is 0 Å². The number of hydroxylamine groups is 2. The molecule has 1 aliphatic heterocycles. The van der Waals surface area contributed by atoms with Gasteiger partial charge in [0.1, 0.15) is 0 Å². The molecule has 0 spiro atoms. The minimum absolute atomic E-state index is 0.104. The fourth-order valence-electron chi connectivity index (χ4n) is 0.494. The third-order valence-electron chi connectivity index (χ3n) is 0.924. The molecule has 3 nitrogen and oxygen atoms in total. The third kappa shape index (κ3) is 0.816. The molecule has 3 heteroatoms. The summed E-state index contributed by atoms with van der Waals surface area (Å²) in [5, 5.41) is 18.1. The van der Waals surface area contributed by atoms with Gasteiger partial charge in [0, 0.05) is 0 Å². The molecule has 0 atom stereocenters. The largest absolute Gasteiger partial charge is 0.493 e. The molecule has 8 heavy (non-hydrogen) atoms. The van der Waals surface area contributed by atoms with E-state index in [9.17, 15) is 0 Å². The second-order valence-electron chi connectivity index (χ2n) is 1.54. The molecule has 2 N–H and O–H groups in total. The molecule has 1 heterocycles. The van der Waals surface area contributed by atoms with Gasteiger partial charge in [-0.2, -0.15) is 0 Å². The van der Waals surface area contributed by atoms with Crippen LogP contribution in [0.1, 0.15) is 0 Å². The molecule has 1 rings (SSSR count). The lowest BCUT2D eigenvalue weighted by Gasteiger charge is -2.14. The van der Waals surface area contributed by atoms with Crippen LogP contribution in [0, 0.1) is 0 Å². The van der Waals surface area contributed by atoms with Crippen molar-refractivity contribution in [2.24, 2.45) is 0 Å². The highest BCUT2D eigenvalue weighted by molar-refractivity contribution is 5.10. The maximum absolute atomic E-state index is 8.66. The molecule has 0 aromatic heterocycles. The first kappa shape index (κ1) is 5.18. The summed E-state index contributed by atoms with van der Waals surface area (Å²) in [7, 11) is 0. The van der Waals surface area contributed by atoms with Crippen LogP contribution < -0.4 is 0 Å². The van der Waals surface area contributed by atoms with Gasteiger partial charge in [0.15, 0.2) is 0 Å². The average Bonchev–Trinajstić information content (AvgIpc) is 1.77. The van der Waals surface area contributed by atoms with Crippen LogP contribution in [0.3, 0.4) is 0 Å². The summed E-state index contributed by atoms with van der Waals surface area (Å²) in [4.78, 5) is 0. The van der Waals surface area contributed by atoms with E-state index in [1.165, 1.54) is 6.08 Å². The first-order chi connectivity index (χ1) is 3.80. The lowest BCUT2D eigenvalue weighted by atomic mass is 10.4. The number of nitrogens with zero attached hydrogens (tertiary/aromatic N) is 1. The van der Waals surface area contributed by atoms with Crippen LogP contribution in [0.2, 0.25) is 0 Å². The van der Waals surface area contributed by atoms with E-state index in [1.54, 1.807) is 12.2 Å². The van der Waals surface area contributed by atoms with E-state index in [0.29, 0.717) is 6.54 Å². The Morgan fingerprint density at radius 2 is 2.38 bits per heavy atom. The Bertz CT molecular complexity index is 139. The summed E-state index contributed by atoms with van der Waals surface area (Å²) in [5.74, 6) is -0.104. The summed E-state index contributed by atoms with van der Waals surface area (Å²) in [5.41, 5.74) is 0. The minimum Gasteiger partial charge on any atom is -0.493 e. The van der Waals surface area contributed by atoms with Crippen molar-refractivity contribution in [3.8, 4) is 0 Å². The zero-order valence-electron chi connectivity index (χ0n) is 4.28. The molecule has 0 unspecified atom stereocenters. The maximum atomic E-state index is 8.66. The normalized spacial score (nSPS) is 18.6. The summed E-state index contributed by atoms with van der Waals surface area (Å²) in [6.07, 6.45) is 4.84. The fraction of sp³-hybridized carbons (Fsp3) is 0.200. The van der Waals surface area contributed by atoms with Gasteiger partial charge in [0.2, 0.25) is 5.88 Å². The number of aliphatic hydroxyl groups excluding tert-OH is 1. The Morgan fingerprint density at radius 3 is 2.75 bits per heavy atom. The Kier molecular flexibility index (Phi) is 1.22. The van der Waals surface area contributed by atoms with Crippen molar-refractivity contribution in [1.29, 1.82) is 0 Å². The number of hydrogen-bond donors (Lipinski definition) is 2. The van der Waals surface area contributed by atoms with E-state index in [4.69, 9.17) is 10.3 Å². The van der Waals surface area contributed by atoms with Gasteiger partial charge in [0.25, 0.3) is 0 Å². The van der Waals surface area contributed by atoms with Gasteiger partial charge in [-0.1, -0.05) is 12.2 Å². The molecule has 0 amide bonds. The standard InChI is InChI=1S/C5H7NO2/c7-5-3-1-2-4-6(5)8/h1-3,7-8H,4H2. The lowest BCUT2D eigenvalue weighted by molar-refractivity contribution is -0.0840. The van der Waals surface area contributed by atoms with Crippen molar-refractivity contribution >= 4 is 0 Å². The Morgan fingerprint density at radius 1 is 1.62 bits per heavy atom. The second kappa shape index (κ2) is 1.88. The molecule has 0 radical (unpaired) electrons. The van der Waals surface area contributed by atoms with E-state index >= 15 is 0 Å². The van der Waals surface area contributed by atoms with E-state index in [1.807, 2.05) is 0 Å². The molecule has 0 saturated heterocycles. The highest BCUT2D eigenvalue weighted by Gasteiger charge is 2.02. The molecular formula is C5H7NO2. The summed E-state index contributed by atoms with van der Waals surface area (Å²) < 4.78 is 0. The predicted octanol–water partition coefficient (Wildman–Crippen LogP) is 0.647. The minimum atomic E-state index is -0.104. The Labute approximate surface area is 47.1 Å². The van der Waals surface area contributed by atoms with E-state index in [2.05, 4.69) is 0 Å². The van der Waals surface area contributed by atoms with Crippen molar-refractivity contribution in [2.45, 2.75) is 0 Å². The fourth-order valence-corrected chi connectivity index (χ4v) is 0.494. The molecular weight excluding hydrogens is 106 g/mol. The van der Waals surface area contributed by atoms with Crippen molar-refractivity contribution in [3.05, 3.63) is 24.1 Å². The van der Waals surface area contributed by atoms with Gasteiger partial charge < -0.3 is 5.11 Å². The van der Waals surface area contributed by atoms with Crippen LogP contribution >= 0.6 is 0 Å². The van der Waals surface area contributed by atoms with Crippen LogP contribution in [-0.2, 0) is 0 Å². The van der Waals surface area contributed by atoms with E-state index in [0.717, 1.165) is 5.06 Å². The number of allylic oxidation sites excluding steroid dienone is 2. The van der Waals surface area contributed by atoms with Crippen LogP contribution in [0.15, 0.2) is 24.1 Å². The molecule has 0 fully saturated rings. The molecule has 0 saturated carbocycles. The van der Waals surface area contributed by atoms with Crippen LogP contribution in [-0.4, -0.2) is 21.9 Å². The van der Waals surface area contributed by atoms with Gasteiger partial charge >= 0.3 is 0 Å². The SMILES string of the molecule is OC1=CC=CCN1O. The van der Waals surface area contributed by atoms with Gasteiger partial charge in [-0.3, -0.25) is 5.21 Å². The van der Waals surface area contributed by atoms with E-state index in [-0.39, 0.29) is 5.88 Å². The van der Waals surface area contributed by atoms with Gasteiger partial charge in [-0.05, 0) is 6.08 Å². The zero-order valence-corrected chi connectivity index (χ0v) is 4.28. The van der Waals surface area contributed by atoms with Crippen LogP contribution in [0.5, 0.6) is 0 Å². The Balaban J connectivity index is 2.66. The number of hydrogen-bond acceptors (Lipinski definition) is 3. The smallest absolute Gasteiger partial charge is 0.211 e. The first-order valence-corrected chi connectivity index (χ1v) is 2.33. The number of aliphatic hydroxyl groups is 1. The third-order valence-corrected chi connectivity index (χ3v) is 0.924. The molecule has 0 aliphatic carbocycles. The van der Waals surface area contributed by atoms with E-state index < -0.39 is 0 Å². The molecule has 0 aromatic rings. The number of rotatable bonds is 0. The van der Waals surface area contributed by atoms with Crippen molar-refractivity contribution in [1.82, 2.24) is 5.06 Å². The lowest BCUT2D eigenvalue weighted by Crippen LogP contribution is -2.19. The highest BCUT2D eigenvalue weighted by atomic mass is 16.5. The van der Waals surface area contributed by atoms with Gasteiger partial charge in [0.05, 0.1) is 6.54 Å². The van der Waals surface area contributed by atoms with Gasteiger partial charge in [-0.15, -0.1) is 0 Å². The van der Waals surface area contributed by atoms with Crippen LogP contribution in [0.4, 0.5) is 0 Å². The van der Waals surface area contributed by atoms with Gasteiger partial charge in [-0.25, -0.2) is 5.06 Å². The van der Waals surface area contributed by atoms with Crippen LogP contribution in [0.25, 0.3) is 0 Å². The maximum Gasteiger partial charge on any atom is 0.211 e. The predicted molar refractivity (Wildman–Crippen MR) is 28.3 cm³/mol. The second-order valence-corrected chi connectivity index (χ2v) is 1.54. The first-order valence-electron chi connectivity index (χ1n) is 2.33. The average molecular weight is 113 g/mol. The zero-order chi connectivity index (χ0) is 5.98.